The minimum Gasteiger partial charge on any atom is -0.591 e. The number of fused-ring (bicyclic) bond motifs is 4. The second kappa shape index (κ2) is 4.95. The standard InChI is InChI=1S/C14H12N2O2S/c17-13(10-4-2-1-3-5-10)15-14-11-6-8-12(9-7-11)16-19(14)18/h1-9,14,16H,(H,15,17). The zero-order chi connectivity index (χ0) is 13.2. The minimum atomic E-state index is -1.37. The van der Waals surface area contributed by atoms with E-state index in [-0.39, 0.29) is 5.91 Å². The van der Waals surface area contributed by atoms with Gasteiger partial charge in [0.15, 0.2) is 0 Å². The summed E-state index contributed by atoms with van der Waals surface area (Å²) in [4.78, 5) is 12.1. The van der Waals surface area contributed by atoms with Crippen LogP contribution in [0.1, 0.15) is 21.3 Å². The smallest absolute Gasteiger partial charge is 0.255 e. The molecule has 2 N–H and O–H groups in total. The van der Waals surface area contributed by atoms with E-state index in [1.54, 1.807) is 24.3 Å². The van der Waals surface area contributed by atoms with Crippen molar-refractivity contribution in [1.82, 2.24) is 5.32 Å². The van der Waals surface area contributed by atoms with E-state index in [0.29, 0.717) is 5.56 Å². The molecular formula is C14H12N2O2S. The van der Waals surface area contributed by atoms with Gasteiger partial charge >= 0.3 is 0 Å². The second-order valence-electron chi connectivity index (χ2n) is 4.24. The molecule has 0 spiro atoms. The predicted octanol–water partition coefficient (Wildman–Crippen LogP) is 2.20. The van der Waals surface area contributed by atoms with Gasteiger partial charge in [-0.05, 0) is 36.4 Å². The van der Waals surface area contributed by atoms with Crippen LogP contribution in [-0.2, 0) is 11.4 Å². The summed E-state index contributed by atoms with van der Waals surface area (Å²) >= 11 is -1.37. The number of benzene rings is 2. The van der Waals surface area contributed by atoms with E-state index in [4.69, 9.17) is 0 Å². The normalized spacial score (nSPS) is 20.5. The van der Waals surface area contributed by atoms with Gasteiger partial charge in [-0.2, -0.15) is 0 Å². The summed E-state index contributed by atoms with van der Waals surface area (Å²) in [6.07, 6.45) is 0. The Kier molecular flexibility index (Phi) is 3.15. The summed E-state index contributed by atoms with van der Waals surface area (Å²) < 4.78 is 15.0. The first-order valence-electron chi connectivity index (χ1n) is 5.87. The number of hydrogen-bond acceptors (Lipinski definition) is 3. The maximum atomic E-state index is 12.1. The van der Waals surface area contributed by atoms with Crippen molar-refractivity contribution < 1.29 is 9.35 Å². The summed E-state index contributed by atoms with van der Waals surface area (Å²) in [7, 11) is 0. The number of carbonyl (C=O) groups is 1. The van der Waals surface area contributed by atoms with Crippen LogP contribution in [0.15, 0.2) is 54.6 Å². The van der Waals surface area contributed by atoms with E-state index in [1.807, 2.05) is 30.3 Å². The van der Waals surface area contributed by atoms with Crippen molar-refractivity contribution in [3.63, 3.8) is 0 Å². The molecule has 0 saturated heterocycles. The molecule has 2 aromatic carbocycles. The van der Waals surface area contributed by atoms with Crippen LogP contribution >= 0.6 is 0 Å². The van der Waals surface area contributed by atoms with Crippen LogP contribution in [0.5, 0.6) is 0 Å². The van der Waals surface area contributed by atoms with Crippen molar-refractivity contribution in [1.29, 1.82) is 0 Å². The molecule has 4 nitrogen and oxygen atoms in total. The third-order valence-electron chi connectivity index (χ3n) is 2.94. The van der Waals surface area contributed by atoms with Crippen molar-refractivity contribution in [2.75, 3.05) is 4.72 Å². The fourth-order valence-electron chi connectivity index (χ4n) is 1.95. The van der Waals surface area contributed by atoms with E-state index in [2.05, 4.69) is 10.0 Å². The summed E-state index contributed by atoms with van der Waals surface area (Å²) in [6.45, 7) is 0. The fraction of sp³-hybridized carbons (Fsp3) is 0.0714. The van der Waals surface area contributed by atoms with E-state index >= 15 is 0 Å². The Labute approximate surface area is 114 Å². The summed E-state index contributed by atoms with van der Waals surface area (Å²) in [5.41, 5.74) is 2.18. The molecule has 1 amide bonds. The number of hydrogen-bond donors (Lipinski definition) is 2. The summed E-state index contributed by atoms with van der Waals surface area (Å²) in [6, 6.07) is 16.3. The summed E-state index contributed by atoms with van der Waals surface area (Å²) in [5.74, 6) is -0.231. The first kappa shape index (κ1) is 12.1. The van der Waals surface area contributed by atoms with Crippen LogP contribution in [0, 0.1) is 0 Å². The average Bonchev–Trinajstić information content (AvgIpc) is 2.68. The number of anilines is 1. The third-order valence-corrected chi connectivity index (χ3v) is 4.20. The molecule has 2 aliphatic heterocycles. The van der Waals surface area contributed by atoms with Gasteiger partial charge in [0.2, 0.25) is 5.37 Å². The Morgan fingerprint density at radius 2 is 1.79 bits per heavy atom. The highest BCUT2D eigenvalue weighted by Gasteiger charge is 2.30. The SMILES string of the molecule is O=C(NC1c2ccc(cc2)N[S+]1[O-])c1ccccc1. The van der Waals surface area contributed by atoms with Crippen LogP contribution in [0.3, 0.4) is 0 Å². The van der Waals surface area contributed by atoms with Crippen LogP contribution in [0.4, 0.5) is 5.69 Å². The van der Waals surface area contributed by atoms with Crippen LogP contribution < -0.4 is 10.0 Å². The van der Waals surface area contributed by atoms with Gasteiger partial charge in [-0.1, -0.05) is 18.2 Å². The maximum absolute atomic E-state index is 12.1. The Morgan fingerprint density at radius 3 is 2.47 bits per heavy atom. The molecule has 2 atom stereocenters. The number of nitrogens with one attached hydrogen (secondary N) is 2. The number of carbonyl (C=O) groups excluding carboxylic acids is 1. The molecule has 0 aliphatic carbocycles. The molecular weight excluding hydrogens is 260 g/mol. The van der Waals surface area contributed by atoms with Gasteiger partial charge in [0.1, 0.15) is 0 Å². The Hall–Kier alpha value is -1.98. The first-order chi connectivity index (χ1) is 9.24. The van der Waals surface area contributed by atoms with Crippen molar-refractivity contribution >= 4 is 23.0 Å². The van der Waals surface area contributed by atoms with Gasteiger partial charge in [0.25, 0.3) is 5.91 Å². The highest BCUT2D eigenvalue weighted by Crippen LogP contribution is 2.28. The lowest BCUT2D eigenvalue weighted by Gasteiger charge is -2.19. The zero-order valence-corrected chi connectivity index (χ0v) is 10.8. The Balaban J connectivity index is 1.82. The van der Waals surface area contributed by atoms with Crippen LogP contribution in [-0.4, -0.2) is 10.5 Å². The zero-order valence-electron chi connectivity index (χ0n) is 10.00. The van der Waals surface area contributed by atoms with Gasteiger partial charge in [0.05, 0.1) is 17.0 Å². The predicted molar refractivity (Wildman–Crippen MR) is 74.9 cm³/mol. The van der Waals surface area contributed by atoms with Crippen LogP contribution in [0.25, 0.3) is 0 Å². The molecule has 96 valence electrons. The second-order valence-corrected chi connectivity index (χ2v) is 5.51. The molecule has 0 aromatic heterocycles. The van der Waals surface area contributed by atoms with Gasteiger partial charge in [-0.15, -0.1) is 0 Å². The van der Waals surface area contributed by atoms with Crippen LogP contribution in [0.2, 0.25) is 0 Å². The highest BCUT2D eigenvalue weighted by atomic mass is 32.2. The Bertz CT molecular complexity index is 586. The lowest BCUT2D eigenvalue weighted by molar-refractivity contribution is 0.0948. The van der Waals surface area contributed by atoms with E-state index in [1.165, 1.54) is 0 Å². The third kappa shape index (κ3) is 2.43. The monoisotopic (exact) mass is 272 g/mol. The largest absolute Gasteiger partial charge is 0.591 e. The molecule has 2 aromatic rings. The highest BCUT2D eigenvalue weighted by molar-refractivity contribution is 7.92. The lowest BCUT2D eigenvalue weighted by atomic mass is 10.2. The molecule has 2 heterocycles. The van der Waals surface area contributed by atoms with Gasteiger partial charge in [-0.25, -0.2) is 4.72 Å². The average molecular weight is 272 g/mol. The van der Waals surface area contributed by atoms with Crippen molar-refractivity contribution in [2.45, 2.75) is 5.37 Å². The molecule has 0 fully saturated rings. The van der Waals surface area contributed by atoms with Gasteiger partial charge < -0.3 is 9.87 Å². The van der Waals surface area contributed by atoms with Gasteiger partial charge in [-0.3, -0.25) is 4.79 Å². The molecule has 4 rings (SSSR count). The summed E-state index contributed by atoms with van der Waals surface area (Å²) in [5, 5.41) is 2.26. The fourth-order valence-corrected chi connectivity index (χ4v) is 3.06. The molecule has 0 radical (unpaired) electrons. The van der Waals surface area contributed by atoms with E-state index in [0.717, 1.165) is 11.3 Å². The first-order valence-corrected chi connectivity index (χ1v) is 7.08. The van der Waals surface area contributed by atoms with E-state index in [9.17, 15) is 9.35 Å². The maximum Gasteiger partial charge on any atom is 0.255 e. The molecule has 0 saturated carbocycles. The van der Waals surface area contributed by atoms with E-state index < -0.39 is 16.7 Å². The number of amides is 1. The molecule has 5 heteroatoms. The number of rotatable bonds is 2. The van der Waals surface area contributed by atoms with Crippen molar-refractivity contribution in [2.24, 2.45) is 0 Å². The van der Waals surface area contributed by atoms with Gasteiger partial charge in [0, 0.05) is 11.1 Å². The molecule has 2 unspecified atom stereocenters. The Morgan fingerprint density at radius 1 is 1.11 bits per heavy atom. The minimum absolute atomic E-state index is 0.231. The molecule has 19 heavy (non-hydrogen) atoms. The van der Waals surface area contributed by atoms with Crippen molar-refractivity contribution in [3.05, 3.63) is 65.7 Å². The lowest BCUT2D eigenvalue weighted by Crippen LogP contribution is -2.35. The molecule has 2 bridgehead atoms. The topological polar surface area (TPSA) is 64.2 Å². The quantitative estimate of drug-likeness (QED) is 0.824. The van der Waals surface area contributed by atoms with Crippen molar-refractivity contribution in [3.8, 4) is 0 Å². The molecule has 2 aliphatic rings.